The fourth-order valence-electron chi connectivity index (χ4n) is 3.93. The van der Waals surface area contributed by atoms with Crippen molar-refractivity contribution < 1.29 is 23.8 Å². The third-order valence-corrected chi connectivity index (χ3v) is 5.39. The monoisotopic (exact) mass is 462 g/mol. The Kier molecular flexibility index (Phi) is 9.18. The third kappa shape index (κ3) is 9.62. The van der Waals surface area contributed by atoms with Gasteiger partial charge in [-0.25, -0.2) is 9.59 Å². The molecule has 1 aliphatic rings. The van der Waals surface area contributed by atoms with Gasteiger partial charge >= 0.3 is 12.2 Å². The minimum absolute atomic E-state index is 0.00422. The molecule has 0 aromatic heterocycles. The summed E-state index contributed by atoms with van der Waals surface area (Å²) in [5, 5.41) is 0. The van der Waals surface area contributed by atoms with Crippen LogP contribution in [0, 0.1) is 11.8 Å². The predicted molar refractivity (Wildman–Crippen MR) is 129 cm³/mol. The largest absolute Gasteiger partial charge is 0.508 e. The van der Waals surface area contributed by atoms with Gasteiger partial charge in [-0.2, -0.15) is 0 Å². The molecule has 33 heavy (non-hydrogen) atoms. The fourth-order valence-corrected chi connectivity index (χ4v) is 3.93. The molecule has 0 N–H and O–H groups in total. The van der Waals surface area contributed by atoms with Crippen molar-refractivity contribution in [2.24, 2.45) is 11.8 Å². The number of carbonyl (C=O) groups excluding carboxylic acids is 2. The van der Waals surface area contributed by atoms with Crippen LogP contribution in [0.3, 0.4) is 0 Å². The van der Waals surface area contributed by atoms with Crippen molar-refractivity contribution in [1.82, 2.24) is 9.80 Å². The Morgan fingerprint density at radius 3 is 2.09 bits per heavy atom. The van der Waals surface area contributed by atoms with Gasteiger partial charge in [0.15, 0.2) is 0 Å². The van der Waals surface area contributed by atoms with Crippen LogP contribution in [0.4, 0.5) is 9.59 Å². The van der Waals surface area contributed by atoms with Gasteiger partial charge in [0, 0.05) is 38.1 Å². The highest BCUT2D eigenvalue weighted by atomic mass is 16.7. The summed E-state index contributed by atoms with van der Waals surface area (Å²) in [4.78, 5) is 29.2. The second kappa shape index (κ2) is 11.2. The molecule has 1 aliphatic heterocycles. The number of rotatable bonds is 7. The van der Waals surface area contributed by atoms with Gasteiger partial charge in [-0.1, -0.05) is 30.3 Å². The van der Waals surface area contributed by atoms with Crippen molar-refractivity contribution in [3.8, 4) is 0 Å². The molecule has 1 unspecified atom stereocenters. The smallest absolute Gasteiger partial charge is 0.444 e. The molecule has 1 aromatic carbocycles. The Bertz CT molecular complexity index is 767. The lowest BCUT2D eigenvalue weighted by Gasteiger charge is -2.33. The van der Waals surface area contributed by atoms with E-state index in [0.29, 0.717) is 6.54 Å². The Hall–Kier alpha value is -2.28. The Labute approximate surface area is 199 Å². The molecule has 1 heterocycles. The van der Waals surface area contributed by atoms with E-state index in [1.807, 2.05) is 73.6 Å². The molecule has 0 radical (unpaired) electrons. The zero-order valence-corrected chi connectivity index (χ0v) is 21.6. The first-order chi connectivity index (χ1) is 15.2. The fraction of sp³-hybridized carbons (Fsp3) is 0.692. The van der Waals surface area contributed by atoms with Gasteiger partial charge in [0.05, 0.1) is 6.61 Å². The van der Waals surface area contributed by atoms with Crippen molar-refractivity contribution in [2.75, 3.05) is 26.2 Å². The van der Waals surface area contributed by atoms with Crippen LogP contribution in [0.5, 0.6) is 0 Å². The number of likely N-dealkylation sites (tertiary alicyclic amines) is 1. The Balaban J connectivity index is 2.11. The highest BCUT2D eigenvalue weighted by molar-refractivity contribution is 5.68. The van der Waals surface area contributed by atoms with Gasteiger partial charge in [0.2, 0.25) is 0 Å². The summed E-state index contributed by atoms with van der Waals surface area (Å²) in [7, 11) is 0. The molecule has 2 rings (SSSR count). The van der Waals surface area contributed by atoms with Crippen LogP contribution in [0.1, 0.15) is 61.0 Å². The SMILES string of the molecule is CC(C)N(C[C@@H]1CN(Cc2ccccc2)CC1COC(=O)OC(C)(C)C)C(=O)OC(C)(C)C. The average molecular weight is 463 g/mol. The molecule has 186 valence electrons. The lowest BCUT2D eigenvalue weighted by molar-refractivity contribution is -0.0172. The third-order valence-electron chi connectivity index (χ3n) is 5.39. The molecule has 7 nitrogen and oxygen atoms in total. The topological polar surface area (TPSA) is 68.3 Å². The molecule has 0 aliphatic carbocycles. The van der Waals surface area contributed by atoms with Crippen LogP contribution in [-0.4, -0.2) is 65.5 Å². The Morgan fingerprint density at radius 2 is 1.55 bits per heavy atom. The minimum atomic E-state index is -0.657. The summed E-state index contributed by atoms with van der Waals surface area (Å²) < 4.78 is 16.4. The summed E-state index contributed by atoms with van der Waals surface area (Å²) in [6, 6.07) is 10.3. The molecule has 2 atom stereocenters. The van der Waals surface area contributed by atoms with Gasteiger partial charge in [-0.05, 0) is 66.9 Å². The zero-order valence-electron chi connectivity index (χ0n) is 21.6. The summed E-state index contributed by atoms with van der Waals surface area (Å²) >= 11 is 0. The van der Waals surface area contributed by atoms with E-state index in [1.165, 1.54) is 5.56 Å². The highest BCUT2D eigenvalue weighted by Crippen LogP contribution is 2.28. The molecule has 1 fully saturated rings. The molecule has 0 saturated carbocycles. The van der Waals surface area contributed by atoms with Gasteiger partial charge in [0.25, 0.3) is 0 Å². The first-order valence-corrected chi connectivity index (χ1v) is 11.8. The van der Waals surface area contributed by atoms with E-state index in [0.717, 1.165) is 19.6 Å². The first-order valence-electron chi connectivity index (χ1n) is 11.8. The number of benzene rings is 1. The number of hydrogen-bond acceptors (Lipinski definition) is 6. The molecular formula is C26H42N2O5. The number of carbonyl (C=O) groups is 2. The van der Waals surface area contributed by atoms with Crippen LogP contribution in [0.2, 0.25) is 0 Å². The van der Waals surface area contributed by atoms with E-state index in [9.17, 15) is 9.59 Å². The van der Waals surface area contributed by atoms with E-state index in [2.05, 4.69) is 17.0 Å². The van der Waals surface area contributed by atoms with Gasteiger partial charge in [-0.3, -0.25) is 4.90 Å². The summed E-state index contributed by atoms with van der Waals surface area (Å²) in [5.41, 5.74) is 0.0765. The maximum Gasteiger partial charge on any atom is 0.508 e. The Morgan fingerprint density at radius 1 is 0.970 bits per heavy atom. The quantitative estimate of drug-likeness (QED) is 0.510. The standard InChI is InChI=1S/C26H42N2O5/c1-19(2)28(23(29)32-25(3,4)5)17-21-15-27(14-20-12-10-9-11-13-20)16-22(21)18-31-24(30)33-26(6,7)8/h9-13,19,21-22H,14-18H2,1-8H3/t21-,22?/m0/s1. The molecule has 0 spiro atoms. The van der Waals surface area contributed by atoms with Crippen molar-refractivity contribution >= 4 is 12.2 Å². The zero-order chi connectivity index (χ0) is 24.8. The van der Waals surface area contributed by atoms with E-state index >= 15 is 0 Å². The summed E-state index contributed by atoms with van der Waals surface area (Å²) in [5.74, 6) is 0.232. The number of amides is 1. The lowest BCUT2D eigenvalue weighted by atomic mass is 9.96. The molecule has 1 amide bonds. The first kappa shape index (κ1) is 27.0. The minimum Gasteiger partial charge on any atom is -0.444 e. The van der Waals surface area contributed by atoms with Crippen LogP contribution in [-0.2, 0) is 20.8 Å². The molecule has 0 bridgehead atoms. The van der Waals surface area contributed by atoms with Gasteiger partial charge < -0.3 is 19.1 Å². The van der Waals surface area contributed by atoms with Gasteiger partial charge in [0.1, 0.15) is 11.2 Å². The second-order valence-corrected chi connectivity index (χ2v) is 11.2. The second-order valence-electron chi connectivity index (χ2n) is 11.2. The summed E-state index contributed by atoms with van der Waals surface area (Å²) in [6.45, 7) is 18.3. The number of hydrogen-bond donors (Lipinski definition) is 0. The maximum absolute atomic E-state index is 12.9. The van der Waals surface area contributed by atoms with Crippen LogP contribution >= 0.6 is 0 Å². The van der Waals surface area contributed by atoms with Crippen molar-refractivity contribution in [2.45, 2.75) is 79.2 Å². The van der Waals surface area contributed by atoms with Crippen molar-refractivity contribution in [3.63, 3.8) is 0 Å². The van der Waals surface area contributed by atoms with Crippen molar-refractivity contribution in [3.05, 3.63) is 35.9 Å². The van der Waals surface area contributed by atoms with Gasteiger partial charge in [-0.15, -0.1) is 0 Å². The van der Waals surface area contributed by atoms with Crippen LogP contribution in [0.25, 0.3) is 0 Å². The van der Waals surface area contributed by atoms with E-state index in [-0.39, 0.29) is 30.6 Å². The number of nitrogens with zero attached hydrogens (tertiary/aromatic N) is 2. The maximum atomic E-state index is 12.9. The molecule has 7 heteroatoms. The molecular weight excluding hydrogens is 420 g/mol. The van der Waals surface area contributed by atoms with Crippen LogP contribution in [0.15, 0.2) is 30.3 Å². The highest BCUT2D eigenvalue weighted by Gasteiger charge is 2.37. The average Bonchev–Trinajstić information content (AvgIpc) is 3.03. The van der Waals surface area contributed by atoms with E-state index in [1.54, 1.807) is 4.90 Å². The van der Waals surface area contributed by atoms with Crippen LogP contribution < -0.4 is 0 Å². The lowest BCUT2D eigenvalue weighted by Crippen LogP contribution is -2.45. The summed E-state index contributed by atoms with van der Waals surface area (Å²) in [6.07, 6.45) is -0.971. The predicted octanol–water partition coefficient (Wildman–Crippen LogP) is 5.33. The normalized spacial score (nSPS) is 19.4. The van der Waals surface area contributed by atoms with E-state index < -0.39 is 17.4 Å². The van der Waals surface area contributed by atoms with E-state index in [4.69, 9.17) is 14.2 Å². The van der Waals surface area contributed by atoms with Crippen molar-refractivity contribution in [1.29, 1.82) is 0 Å². The molecule has 1 aromatic rings. The molecule has 1 saturated heterocycles. The number of ether oxygens (including phenoxy) is 3.